The summed E-state index contributed by atoms with van der Waals surface area (Å²) in [4.78, 5) is 23.7. The van der Waals surface area contributed by atoms with E-state index in [0.29, 0.717) is 29.2 Å². The van der Waals surface area contributed by atoms with Crippen LogP contribution in [0.4, 0.5) is 0 Å². The maximum Gasteiger partial charge on any atom is 0.259 e. The Morgan fingerprint density at radius 3 is 2.59 bits per heavy atom. The van der Waals surface area contributed by atoms with Gasteiger partial charge in [-0.25, -0.2) is 5.43 Å². The number of hydrogen-bond donors (Lipinski definition) is 3. The summed E-state index contributed by atoms with van der Waals surface area (Å²) >= 11 is 0. The number of carbonyl (C=O) groups is 2. The molecule has 0 aromatic heterocycles. The molecule has 2 amide bonds. The molecule has 2 aromatic rings. The summed E-state index contributed by atoms with van der Waals surface area (Å²) in [5.74, 6) is 0.146. The molecule has 0 saturated heterocycles. The Morgan fingerprint density at radius 1 is 1.19 bits per heavy atom. The molecule has 0 saturated carbocycles. The Hall–Kier alpha value is -3.55. The third kappa shape index (κ3) is 6.03. The SMILES string of the molecule is CCOc1cc(/C=N/NC(=O)CNC(=O)c2ccc(OC)cc2)ccc1O. The second-order valence-corrected chi connectivity index (χ2v) is 5.36. The van der Waals surface area contributed by atoms with Crippen molar-refractivity contribution in [3.8, 4) is 17.2 Å². The van der Waals surface area contributed by atoms with Gasteiger partial charge in [0.2, 0.25) is 0 Å². The van der Waals surface area contributed by atoms with Gasteiger partial charge in [0.05, 0.1) is 26.5 Å². The van der Waals surface area contributed by atoms with Gasteiger partial charge in [-0.2, -0.15) is 5.10 Å². The van der Waals surface area contributed by atoms with Crippen LogP contribution in [0.25, 0.3) is 0 Å². The van der Waals surface area contributed by atoms with Crippen LogP contribution in [-0.2, 0) is 4.79 Å². The van der Waals surface area contributed by atoms with E-state index < -0.39 is 5.91 Å². The summed E-state index contributed by atoms with van der Waals surface area (Å²) in [6.07, 6.45) is 1.41. The number of benzene rings is 2. The predicted octanol–water partition coefficient (Wildman–Crippen LogP) is 1.68. The molecule has 27 heavy (non-hydrogen) atoms. The summed E-state index contributed by atoms with van der Waals surface area (Å²) in [5.41, 5.74) is 3.37. The van der Waals surface area contributed by atoms with E-state index in [0.717, 1.165) is 0 Å². The lowest BCUT2D eigenvalue weighted by Gasteiger charge is -2.06. The Kier molecular flexibility index (Phi) is 7.18. The molecule has 2 aromatic carbocycles. The fourth-order valence-electron chi connectivity index (χ4n) is 2.11. The molecule has 142 valence electrons. The van der Waals surface area contributed by atoms with Crippen LogP contribution in [0.3, 0.4) is 0 Å². The average Bonchev–Trinajstić information content (AvgIpc) is 2.68. The van der Waals surface area contributed by atoms with E-state index in [1.54, 1.807) is 43.3 Å². The molecule has 0 unspecified atom stereocenters. The number of aromatic hydroxyl groups is 1. The molecule has 0 aliphatic heterocycles. The molecule has 0 radical (unpaired) electrons. The quantitative estimate of drug-likeness (QED) is 0.483. The van der Waals surface area contributed by atoms with Gasteiger partial charge < -0.3 is 19.9 Å². The van der Waals surface area contributed by atoms with Crippen molar-refractivity contribution in [1.29, 1.82) is 0 Å². The second-order valence-electron chi connectivity index (χ2n) is 5.36. The first kappa shape index (κ1) is 19.8. The number of hydrazone groups is 1. The van der Waals surface area contributed by atoms with Crippen molar-refractivity contribution in [2.45, 2.75) is 6.92 Å². The van der Waals surface area contributed by atoms with Gasteiger partial charge >= 0.3 is 0 Å². The molecule has 0 spiro atoms. The zero-order chi connectivity index (χ0) is 19.6. The highest BCUT2D eigenvalue weighted by atomic mass is 16.5. The van der Waals surface area contributed by atoms with Gasteiger partial charge in [-0.05, 0) is 55.0 Å². The van der Waals surface area contributed by atoms with Crippen LogP contribution in [0.2, 0.25) is 0 Å². The Labute approximate surface area is 156 Å². The average molecular weight is 371 g/mol. The van der Waals surface area contributed by atoms with Crippen molar-refractivity contribution in [3.05, 3.63) is 53.6 Å². The maximum absolute atomic E-state index is 12.0. The van der Waals surface area contributed by atoms with E-state index >= 15 is 0 Å². The van der Waals surface area contributed by atoms with Gasteiger partial charge in [-0.1, -0.05) is 0 Å². The third-order valence-electron chi connectivity index (χ3n) is 3.45. The van der Waals surface area contributed by atoms with Gasteiger partial charge in [-0.15, -0.1) is 0 Å². The highest BCUT2D eigenvalue weighted by molar-refractivity contribution is 5.96. The number of methoxy groups -OCH3 is 1. The molecular weight excluding hydrogens is 350 g/mol. The molecule has 0 aliphatic rings. The number of amides is 2. The number of ether oxygens (including phenoxy) is 2. The maximum atomic E-state index is 12.0. The number of nitrogens with zero attached hydrogens (tertiary/aromatic N) is 1. The fourth-order valence-corrected chi connectivity index (χ4v) is 2.11. The van der Waals surface area contributed by atoms with Crippen LogP contribution in [0.1, 0.15) is 22.8 Å². The van der Waals surface area contributed by atoms with E-state index in [9.17, 15) is 14.7 Å². The van der Waals surface area contributed by atoms with Crippen LogP contribution in [-0.4, -0.2) is 43.4 Å². The van der Waals surface area contributed by atoms with Gasteiger partial charge in [0.25, 0.3) is 11.8 Å². The fraction of sp³-hybridized carbons (Fsp3) is 0.211. The number of phenols is 1. The van der Waals surface area contributed by atoms with Crippen molar-refractivity contribution < 1.29 is 24.2 Å². The molecule has 0 aliphatic carbocycles. The summed E-state index contributed by atoms with van der Waals surface area (Å²) in [6.45, 7) is 2.00. The Bertz CT molecular complexity index is 819. The lowest BCUT2D eigenvalue weighted by atomic mass is 10.2. The monoisotopic (exact) mass is 371 g/mol. The number of rotatable bonds is 8. The van der Waals surface area contributed by atoms with Crippen molar-refractivity contribution in [1.82, 2.24) is 10.7 Å². The van der Waals surface area contributed by atoms with Gasteiger partial charge in [0, 0.05) is 5.56 Å². The normalized spacial score (nSPS) is 10.4. The highest BCUT2D eigenvalue weighted by Crippen LogP contribution is 2.26. The lowest BCUT2D eigenvalue weighted by molar-refractivity contribution is -0.120. The number of phenolic OH excluding ortho intramolecular Hbond substituents is 1. The van der Waals surface area contributed by atoms with Crippen molar-refractivity contribution in [2.75, 3.05) is 20.3 Å². The molecule has 3 N–H and O–H groups in total. The van der Waals surface area contributed by atoms with Crippen molar-refractivity contribution in [2.24, 2.45) is 5.10 Å². The molecule has 8 heteroatoms. The molecule has 0 bridgehead atoms. The molecular formula is C19H21N3O5. The molecule has 8 nitrogen and oxygen atoms in total. The zero-order valence-electron chi connectivity index (χ0n) is 15.1. The summed E-state index contributed by atoms with van der Waals surface area (Å²) < 4.78 is 10.3. The Morgan fingerprint density at radius 2 is 1.93 bits per heavy atom. The van der Waals surface area contributed by atoms with Crippen LogP contribution >= 0.6 is 0 Å². The number of hydrogen-bond acceptors (Lipinski definition) is 6. The first-order valence-corrected chi connectivity index (χ1v) is 8.23. The van der Waals surface area contributed by atoms with Crippen LogP contribution in [0, 0.1) is 0 Å². The highest BCUT2D eigenvalue weighted by Gasteiger charge is 2.08. The second kappa shape index (κ2) is 9.81. The van der Waals surface area contributed by atoms with E-state index in [-0.39, 0.29) is 18.2 Å². The minimum Gasteiger partial charge on any atom is -0.504 e. The number of nitrogens with one attached hydrogen (secondary N) is 2. The minimum absolute atomic E-state index is 0.0271. The van der Waals surface area contributed by atoms with Gasteiger partial charge in [0.15, 0.2) is 11.5 Å². The molecule has 0 heterocycles. The van der Waals surface area contributed by atoms with Gasteiger partial charge in [-0.3, -0.25) is 9.59 Å². The van der Waals surface area contributed by atoms with Crippen LogP contribution in [0.5, 0.6) is 17.2 Å². The van der Waals surface area contributed by atoms with Crippen molar-refractivity contribution >= 4 is 18.0 Å². The van der Waals surface area contributed by atoms with Crippen LogP contribution < -0.4 is 20.2 Å². The third-order valence-corrected chi connectivity index (χ3v) is 3.45. The molecule has 0 atom stereocenters. The largest absolute Gasteiger partial charge is 0.504 e. The Balaban J connectivity index is 1.82. The summed E-state index contributed by atoms with van der Waals surface area (Å²) in [6, 6.07) is 11.2. The zero-order valence-corrected chi connectivity index (χ0v) is 15.1. The smallest absolute Gasteiger partial charge is 0.259 e. The van der Waals surface area contributed by atoms with E-state index in [1.807, 2.05) is 0 Å². The summed E-state index contributed by atoms with van der Waals surface area (Å²) in [7, 11) is 1.54. The first-order valence-electron chi connectivity index (χ1n) is 8.23. The first-order chi connectivity index (χ1) is 13.0. The van der Waals surface area contributed by atoms with E-state index in [1.165, 1.54) is 19.4 Å². The van der Waals surface area contributed by atoms with Crippen LogP contribution in [0.15, 0.2) is 47.6 Å². The topological polar surface area (TPSA) is 109 Å². The predicted molar refractivity (Wildman–Crippen MR) is 100 cm³/mol. The van der Waals surface area contributed by atoms with E-state index in [2.05, 4.69) is 15.8 Å². The standard InChI is InChI=1S/C19H21N3O5/c1-3-27-17-10-13(4-9-16(17)23)11-21-22-18(24)12-20-19(25)14-5-7-15(26-2)8-6-14/h4-11,23H,3,12H2,1-2H3,(H,20,25)(H,22,24)/b21-11+. The summed E-state index contributed by atoms with van der Waals surface area (Å²) in [5, 5.41) is 16.0. The lowest BCUT2D eigenvalue weighted by Crippen LogP contribution is -2.34. The minimum atomic E-state index is -0.475. The van der Waals surface area contributed by atoms with Gasteiger partial charge in [0.1, 0.15) is 5.75 Å². The molecule has 0 fully saturated rings. The van der Waals surface area contributed by atoms with E-state index in [4.69, 9.17) is 9.47 Å². The number of carbonyl (C=O) groups excluding carboxylic acids is 2. The molecule has 2 rings (SSSR count). The van der Waals surface area contributed by atoms with Crippen molar-refractivity contribution in [3.63, 3.8) is 0 Å².